The normalized spacial score (nSPS) is 17.4. The topological polar surface area (TPSA) is 93.1 Å². The van der Waals surface area contributed by atoms with Crippen molar-refractivity contribution in [2.75, 3.05) is 19.3 Å². The summed E-state index contributed by atoms with van der Waals surface area (Å²) in [5, 5.41) is 6.00. The van der Waals surface area contributed by atoms with Crippen LogP contribution in [-0.4, -0.2) is 48.0 Å². The van der Waals surface area contributed by atoms with E-state index in [1.807, 2.05) is 42.8 Å². The van der Waals surface area contributed by atoms with Gasteiger partial charge in [-0.3, -0.25) is 4.79 Å². The standard InChI is InChI=1S/C17H24N4O3S.2ClH/c1-12(15-20-13-6-4-5-7-14(13)21(15)2)19-16(22)17(25(3,23)24)8-10-18-11-9-17;;/h4-7,12,18H,8-11H2,1-3H3,(H,19,22);2*1H. The number of para-hydroxylation sites is 2. The van der Waals surface area contributed by atoms with Gasteiger partial charge in [0.15, 0.2) is 14.6 Å². The molecule has 2 N–H and O–H groups in total. The van der Waals surface area contributed by atoms with Gasteiger partial charge in [-0.15, -0.1) is 24.8 Å². The van der Waals surface area contributed by atoms with Crippen LogP contribution < -0.4 is 10.6 Å². The minimum Gasteiger partial charge on any atom is -0.345 e. The largest absolute Gasteiger partial charge is 0.345 e. The maximum absolute atomic E-state index is 12.9. The van der Waals surface area contributed by atoms with Gasteiger partial charge in [0.1, 0.15) is 5.82 Å². The van der Waals surface area contributed by atoms with E-state index in [-0.39, 0.29) is 37.7 Å². The average Bonchev–Trinajstić information content (AvgIpc) is 2.92. The van der Waals surface area contributed by atoms with Crippen molar-refractivity contribution in [1.29, 1.82) is 0 Å². The van der Waals surface area contributed by atoms with Gasteiger partial charge in [-0.2, -0.15) is 0 Å². The highest BCUT2D eigenvalue weighted by atomic mass is 35.5. The van der Waals surface area contributed by atoms with Gasteiger partial charge in [0, 0.05) is 13.3 Å². The van der Waals surface area contributed by atoms with Crippen LogP contribution >= 0.6 is 24.8 Å². The Hall–Kier alpha value is -1.35. The second kappa shape index (κ2) is 8.77. The Morgan fingerprint density at radius 2 is 1.85 bits per heavy atom. The van der Waals surface area contributed by atoms with E-state index in [1.54, 1.807) is 0 Å². The lowest BCUT2D eigenvalue weighted by Gasteiger charge is -2.35. The molecule has 3 rings (SSSR count). The molecule has 2 heterocycles. The average molecular weight is 437 g/mol. The first kappa shape index (κ1) is 23.7. The maximum atomic E-state index is 12.9. The lowest BCUT2D eigenvalue weighted by molar-refractivity contribution is -0.125. The van der Waals surface area contributed by atoms with Crippen LogP contribution in [0.25, 0.3) is 11.0 Å². The molecule has 7 nitrogen and oxygen atoms in total. The van der Waals surface area contributed by atoms with E-state index in [0.29, 0.717) is 18.9 Å². The lowest BCUT2D eigenvalue weighted by Crippen LogP contribution is -2.57. The zero-order chi connectivity index (χ0) is 18.2. The minimum atomic E-state index is -3.53. The number of aryl methyl sites for hydroxylation is 1. The summed E-state index contributed by atoms with van der Waals surface area (Å²) in [5.41, 5.74) is 1.82. The van der Waals surface area contributed by atoms with E-state index in [0.717, 1.165) is 17.3 Å². The van der Waals surface area contributed by atoms with Crippen molar-refractivity contribution in [2.24, 2.45) is 7.05 Å². The molecule has 1 aromatic heterocycles. The van der Waals surface area contributed by atoms with Crippen molar-refractivity contribution in [3.05, 3.63) is 30.1 Å². The summed E-state index contributed by atoms with van der Waals surface area (Å²) in [6.07, 6.45) is 1.72. The fourth-order valence-corrected chi connectivity index (χ4v) is 4.88. The van der Waals surface area contributed by atoms with Crippen molar-refractivity contribution in [2.45, 2.75) is 30.6 Å². The van der Waals surface area contributed by atoms with Crippen molar-refractivity contribution in [3.8, 4) is 0 Å². The summed E-state index contributed by atoms with van der Waals surface area (Å²) in [5.74, 6) is 0.267. The number of imidazole rings is 1. The van der Waals surface area contributed by atoms with Crippen LogP contribution in [0.5, 0.6) is 0 Å². The molecular formula is C17H26Cl2N4O3S. The highest BCUT2D eigenvalue weighted by molar-refractivity contribution is 7.92. The fourth-order valence-electron chi connectivity index (χ4n) is 3.54. The number of fused-ring (bicyclic) bond motifs is 1. The summed E-state index contributed by atoms with van der Waals surface area (Å²) < 4.78 is 25.3. The van der Waals surface area contributed by atoms with Gasteiger partial charge in [0.2, 0.25) is 5.91 Å². The molecular weight excluding hydrogens is 411 g/mol. The van der Waals surface area contributed by atoms with Crippen LogP contribution in [0.4, 0.5) is 0 Å². The van der Waals surface area contributed by atoms with E-state index in [1.165, 1.54) is 0 Å². The first-order valence-corrected chi connectivity index (χ1v) is 10.3. The molecule has 0 saturated carbocycles. The quantitative estimate of drug-likeness (QED) is 0.761. The zero-order valence-electron chi connectivity index (χ0n) is 15.6. The fraction of sp³-hybridized carbons (Fsp3) is 0.529. The van der Waals surface area contributed by atoms with Crippen LogP contribution in [0.2, 0.25) is 0 Å². The molecule has 0 radical (unpaired) electrons. The number of nitrogens with one attached hydrogen (secondary N) is 2. The smallest absolute Gasteiger partial charge is 0.242 e. The summed E-state index contributed by atoms with van der Waals surface area (Å²) in [4.78, 5) is 17.5. The van der Waals surface area contributed by atoms with Crippen LogP contribution in [-0.2, 0) is 21.7 Å². The summed E-state index contributed by atoms with van der Waals surface area (Å²) in [6.45, 7) is 2.86. The van der Waals surface area contributed by atoms with E-state index < -0.39 is 26.5 Å². The Balaban J connectivity index is 0.00000182. The third kappa shape index (κ3) is 4.23. The summed E-state index contributed by atoms with van der Waals surface area (Å²) in [7, 11) is -1.64. The molecule has 27 heavy (non-hydrogen) atoms. The number of carbonyl (C=O) groups excluding carboxylic acids is 1. The Kier molecular flexibility index (Phi) is 7.69. The number of hydrogen-bond donors (Lipinski definition) is 2. The van der Waals surface area contributed by atoms with Gasteiger partial charge in [0.05, 0.1) is 17.1 Å². The Bertz CT molecular complexity index is 908. The maximum Gasteiger partial charge on any atom is 0.242 e. The second-order valence-electron chi connectivity index (χ2n) is 6.73. The van der Waals surface area contributed by atoms with E-state index in [9.17, 15) is 13.2 Å². The molecule has 0 bridgehead atoms. The predicted octanol–water partition coefficient (Wildman–Crippen LogP) is 1.76. The number of halogens is 2. The SMILES string of the molecule is CC(NC(=O)C1(S(C)(=O)=O)CCNCC1)c1nc2ccccc2n1C.Cl.Cl. The van der Waals surface area contributed by atoms with Gasteiger partial charge >= 0.3 is 0 Å². The molecule has 1 fully saturated rings. The monoisotopic (exact) mass is 436 g/mol. The molecule has 1 amide bonds. The van der Waals surface area contributed by atoms with E-state index >= 15 is 0 Å². The zero-order valence-corrected chi connectivity index (χ0v) is 18.0. The number of carbonyl (C=O) groups is 1. The van der Waals surface area contributed by atoms with Crippen molar-refractivity contribution in [3.63, 3.8) is 0 Å². The third-order valence-electron chi connectivity index (χ3n) is 5.09. The van der Waals surface area contributed by atoms with Crippen LogP contribution in [0.3, 0.4) is 0 Å². The number of hydrogen-bond acceptors (Lipinski definition) is 5. The van der Waals surface area contributed by atoms with Crippen LogP contribution in [0.15, 0.2) is 24.3 Å². The lowest BCUT2D eigenvalue weighted by atomic mass is 9.95. The number of benzene rings is 1. The van der Waals surface area contributed by atoms with Gasteiger partial charge in [-0.25, -0.2) is 13.4 Å². The molecule has 1 aliphatic rings. The number of aromatic nitrogens is 2. The van der Waals surface area contributed by atoms with Gasteiger partial charge in [-0.05, 0) is 45.0 Å². The molecule has 1 unspecified atom stereocenters. The molecule has 152 valence electrons. The van der Waals surface area contributed by atoms with E-state index in [2.05, 4.69) is 15.6 Å². The Morgan fingerprint density at radius 1 is 1.26 bits per heavy atom. The molecule has 0 spiro atoms. The van der Waals surface area contributed by atoms with Gasteiger partial charge < -0.3 is 15.2 Å². The van der Waals surface area contributed by atoms with Gasteiger partial charge in [0.25, 0.3) is 0 Å². The summed E-state index contributed by atoms with van der Waals surface area (Å²) >= 11 is 0. The Morgan fingerprint density at radius 3 is 2.41 bits per heavy atom. The number of amides is 1. The second-order valence-corrected chi connectivity index (χ2v) is 9.06. The van der Waals surface area contributed by atoms with Crippen LogP contribution in [0, 0.1) is 0 Å². The van der Waals surface area contributed by atoms with Crippen molar-refractivity contribution in [1.82, 2.24) is 20.2 Å². The number of sulfone groups is 1. The molecule has 10 heteroatoms. The highest BCUT2D eigenvalue weighted by Crippen LogP contribution is 2.29. The molecule has 1 aliphatic heterocycles. The minimum absolute atomic E-state index is 0. The van der Waals surface area contributed by atoms with E-state index in [4.69, 9.17) is 0 Å². The summed E-state index contributed by atoms with van der Waals surface area (Å²) in [6, 6.07) is 7.34. The highest BCUT2D eigenvalue weighted by Gasteiger charge is 2.49. The molecule has 1 aromatic carbocycles. The predicted molar refractivity (Wildman–Crippen MR) is 111 cm³/mol. The number of piperidine rings is 1. The van der Waals surface area contributed by atoms with Crippen molar-refractivity contribution >= 4 is 51.6 Å². The Labute approximate surface area is 172 Å². The first-order chi connectivity index (χ1) is 11.8. The van der Waals surface area contributed by atoms with Crippen LogP contribution in [0.1, 0.15) is 31.6 Å². The van der Waals surface area contributed by atoms with Gasteiger partial charge in [-0.1, -0.05) is 12.1 Å². The first-order valence-electron chi connectivity index (χ1n) is 8.39. The third-order valence-corrected chi connectivity index (χ3v) is 7.10. The van der Waals surface area contributed by atoms with Crippen molar-refractivity contribution < 1.29 is 13.2 Å². The number of nitrogens with zero attached hydrogens (tertiary/aromatic N) is 2. The molecule has 1 saturated heterocycles. The molecule has 0 aliphatic carbocycles. The molecule has 2 aromatic rings. The molecule has 1 atom stereocenters. The number of rotatable bonds is 4.